The number of anilines is 1. The first-order valence-corrected chi connectivity index (χ1v) is 9.16. The average Bonchev–Trinajstić information content (AvgIpc) is 2.51. The quantitative estimate of drug-likeness (QED) is 0.704. The van der Waals surface area contributed by atoms with Crippen LogP contribution in [0.15, 0.2) is 52.3 Å². The summed E-state index contributed by atoms with van der Waals surface area (Å²) in [5.41, 5.74) is 4.03. The fourth-order valence-corrected chi connectivity index (χ4v) is 4.12. The van der Waals surface area contributed by atoms with E-state index in [1.165, 1.54) is 26.6 Å². The molecule has 1 heterocycles. The predicted molar refractivity (Wildman–Crippen MR) is 99.2 cm³/mol. The molecular formula is C18H21BrN2S. The van der Waals surface area contributed by atoms with Gasteiger partial charge in [0.2, 0.25) is 0 Å². The standard InChI is InChI=1S/C18H21BrN2S/c1-14-7-8-17(15(2)13-14)22-18-6-4-3-5-16(18)20-9-11-21(19)12-10-20/h3-8,13H,9-12H2,1-2H3. The van der Waals surface area contributed by atoms with Gasteiger partial charge in [0.05, 0.1) is 5.69 Å². The van der Waals surface area contributed by atoms with Crippen molar-refractivity contribution in [3.63, 3.8) is 0 Å². The summed E-state index contributed by atoms with van der Waals surface area (Å²) in [6, 6.07) is 15.5. The summed E-state index contributed by atoms with van der Waals surface area (Å²) in [6.45, 7) is 8.59. The lowest BCUT2D eigenvalue weighted by atomic mass is 10.2. The van der Waals surface area contributed by atoms with Crippen LogP contribution in [0, 0.1) is 13.8 Å². The van der Waals surface area contributed by atoms with Crippen LogP contribution in [0.5, 0.6) is 0 Å². The maximum Gasteiger partial charge on any atom is 0.0508 e. The molecule has 0 spiro atoms. The zero-order chi connectivity index (χ0) is 15.5. The van der Waals surface area contributed by atoms with Crippen molar-refractivity contribution in [1.29, 1.82) is 0 Å². The molecule has 2 nitrogen and oxygen atoms in total. The van der Waals surface area contributed by atoms with Gasteiger partial charge in [0.1, 0.15) is 0 Å². The van der Waals surface area contributed by atoms with E-state index in [9.17, 15) is 0 Å². The van der Waals surface area contributed by atoms with Gasteiger partial charge in [-0.05, 0) is 37.6 Å². The molecule has 1 saturated heterocycles. The van der Waals surface area contributed by atoms with Crippen molar-refractivity contribution in [3.05, 3.63) is 53.6 Å². The molecule has 1 fully saturated rings. The Morgan fingerprint density at radius 1 is 0.909 bits per heavy atom. The number of hydrogen-bond acceptors (Lipinski definition) is 3. The van der Waals surface area contributed by atoms with Crippen molar-refractivity contribution in [1.82, 2.24) is 3.93 Å². The monoisotopic (exact) mass is 376 g/mol. The smallest absolute Gasteiger partial charge is 0.0508 e. The molecular weight excluding hydrogens is 356 g/mol. The molecule has 0 N–H and O–H groups in total. The van der Waals surface area contributed by atoms with E-state index in [-0.39, 0.29) is 0 Å². The van der Waals surface area contributed by atoms with E-state index in [1.54, 1.807) is 0 Å². The van der Waals surface area contributed by atoms with Crippen LogP contribution in [0.3, 0.4) is 0 Å². The van der Waals surface area contributed by atoms with Crippen LogP contribution in [0.2, 0.25) is 0 Å². The molecule has 0 aromatic heterocycles. The number of aryl methyl sites for hydroxylation is 2. The Bertz CT molecular complexity index is 651. The first-order chi connectivity index (χ1) is 10.6. The van der Waals surface area contributed by atoms with E-state index in [2.05, 4.69) is 81.3 Å². The second-order valence-electron chi connectivity index (χ2n) is 5.74. The van der Waals surface area contributed by atoms with Gasteiger partial charge < -0.3 is 4.90 Å². The van der Waals surface area contributed by atoms with Crippen LogP contribution in [0.4, 0.5) is 5.69 Å². The minimum absolute atomic E-state index is 1.06. The highest BCUT2D eigenvalue weighted by Gasteiger charge is 2.18. The molecule has 22 heavy (non-hydrogen) atoms. The Morgan fingerprint density at radius 2 is 1.64 bits per heavy atom. The molecule has 0 saturated carbocycles. The fourth-order valence-electron chi connectivity index (χ4n) is 2.76. The molecule has 0 unspecified atom stereocenters. The molecule has 0 amide bonds. The minimum Gasteiger partial charge on any atom is -0.368 e. The van der Waals surface area contributed by atoms with Gasteiger partial charge in [-0.1, -0.05) is 41.6 Å². The number of rotatable bonds is 3. The van der Waals surface area contributed by atoms with Crippen molar-refractivity contribution in [3.8, 4) is 0 Å². The molecule has 116 valence electrons. The molecule has 1 aliphatic heterocycles. The molecule has 2 aromatic carbocycles. The number of piperazine rings is 1. The summed E-state index contributed by atoms with van der Waals surface area (Å²) in [5.74, 6) is 0. The zero-order valence-corrected chi connectivity index (χ0v) is 15.5. The molecule has 0 aliphatic carbocycles. The van der Waals surface area contributed by atoms with Gasteiger partial charge >= 0.3 is 0 Å². The van der Waals surface area contributed by atoms with Crippen LogP contribution in [-0.2, 0) is 0 Å². The highest BCUT2D eigenvalue weighted by Crippen LogP contribution is 2.37. The average molecular weight is 377 g/mol. The Hall–Kier alpha value is -0.970. The summed E-state index contributed by atoms with van der Waals surface area (Å²) in [4.78, 5) is 5.18. The third-order valence-electron chi connectivity index (χ3n) is 3.98. The van der Waals surface area contributed by atoms with Crippen LogP contribution in [0.1, 0.15) is 11.1 Å². The fraction of sp³-hybridized carbons (Fsp3) is 0.333. The van der Waals surface area contributed by atoms with Gasteiger partial charge in [-0.15, -0.1) is 0 Å². The van der Waals surface area contributed by atoms with E-state index < -0.39 is 0 Å². The Labute approximate surface area is 145 Å². The summed E-state index contributed by atoms with van der Waals surface area (Å²) >= 11 is 5.46. The zero-order valence-electron chi connectivity index (χ0n) is 13.1. The molecule has 4 heteroatoms. The third kappa shape index (κ3) is 3.67. The maximum absolute atomic E-state index is 3.58. The summed E-state index contributed by atoms with van der Waals surface area (Å²) in [6.07, 6.45) is 0. The highest BCUT2D eigenvalue weighted by atomic mass is 79.9. The predicted octanol–water partition coefficient (Wildman–Crippen LogP) is 4.89. The number of benzene rings is 2. The van der Waals surface area contributed by atoms with Crippen LogP contribution in [-0.4, -0.2) is 30.1 Å². The number of halogens is 1. The van der Waals surface area contributed by atoms with Gasteiger partial charge in [0.15, 0.2) is 0 Å². The lowest BCUT2D eigenvalue weighted by Gasteiger charge is -2.34. The summed E-state index contributed by atoms with van der Waals surface area (Å²) < 4.78 is 2.21. The van der Waals surface area contributed by atoms with Crippen LogP contribution in [0.25, 0.3) is 0 Å². The van der Waals surface area contributed by atoms with Crippen molar-refractivity contribution in [2.75, 3.05) is 31.1 Å². The molecule has 0 bridgehead atoms. The number of para-hydroxylation sites is 1. The van der Waals surface area contributed by atoms with Crippen LogP contribution < -0.4 is 4.90 Å². The Balaban J connectivity index is 1.85. The minimum atomic E-state index is 1.06. The molecule has 0 radical (unpaired) electrons. The van der Waals surface area contributed by atoms with E-state index >= 15 is 0 Å². The molecule has 1 aliphatic rings. The van der Waals surface area contributed by atoms with Gasteiger partial charge in [-0.3, -0.25) is 0 Å². The molecule has 3 rings (SSSR count). The molecule has 2 aromatic rings. The lowest BCUT2D eigenvalue weighted by Crippen LogP contribution is -2.42. The van der Waals surface area contributed by atoms with Gasteiger partial charge in [0, 0.05) is 52.1 Å². The summed E-state index contributed by atoms with van der Waals surface area (Å²) in [7, 11) is 0. The van der Waals surface area contributed by atoms with Crippen molar-refractivity contribution < 1.29 is 0 Å². The third-order valence-corrected chi connectivity index (χ3v) is 5.93. The SMILES string of the molecule is Cc1ccc(Sc2ccccc2N2CCN(Br)CC2)c(C)c1. The highest BCUT2D eigenvalue weighted by molar-refractivity contribution is 9.07. The lowest BCUT2D eigenvalue weighted by molar-refractivity contribution is 0.442. The Morgan fingerprint density at radius 3 is 2.36 bits per heavy atom. The van der Waals surface area contributed by atoms with E-state index in [0.717, 1.165) is 26.2 Å². The van der Waals surface area contributed by atoms with Crippen molar-refractivity contribution in [2.24, 2.45) is 0 Å². The number of nitrogens with zero attached hydrogens (tertiary/aromatic N) is 2. The van der Waals surface area contributed by atoms with Gasteiger partial charge in [0.25, 0.3) is 0 Å². The second-order valence-corrected chi connectivity index (χ2v) is 7.82. The number of hydrogen-bond donors (Lipinski definition) is 0. The first kappa shape index (κ1) is 15.9. The second kappa shape index (κ2) is 7.07. The largest absolute Gasteiger partial charge is 0.368 e. The van der Waals surface area contributed by atoms with Crippen molar-refractivity contribution >= 4 is 33.6 Å². The summed E-state index contributed by atoms with van der Waals surface area (Å²) in [5, 5.41) is 0. The topological polar surface area (TPSA) is 6.48 Å². The van der Waals surface area contributed by atoms with E-state index in [1.807, 2.05) is 11.8 Å². The normalized spacial score (nSPS) is 16.0. The molecule has 0 atom stereocenters. The van der Waals surface area contributed by atoms with Gasteiger partial charge in [-0.2, -0.15) is 0 Å². The van der Waals surface area contributed by atoms with E-state index in [0.29, 0.717) is 0 Å². The Kier molecular flexibility index (Phi) is 5.11. The maximum atomic E-state index is 3.58. The first-order valence-electron chi connectivity index (χ1n) is 7.63. The van der Waals surface area contributed by atoms with Crippen LogP contribution >= 0.6 is 27.9 Å². The van der Waals surface area contributed by atoms with Crippen molar-refractivity contribution in [2.45, 2.75) is 23.6 Å². The van der Waals surface area contributed by atoms with Gasteiger partial charge in [-0.25, -0.2) is 3.93 Å². The van der Waals surface area contributed by atoms with E-state index in [4.69, 9.17) is 0 Å².